The maximum atomic E-state index is 12.3. The second-order valence-corrected chi connectivity index (χ2v) is 9.13. The zero-order valence-electron chi connectivity index (χ0n) is 9.94. The molecular formula is C10H9Cl2N3O2S3. The fourth-order valence-corrected chi connectivity index (χ4v) is 6.21. The number of rotatable bonds is 3. The molecule has 0 saturated carbocycles. The molecule has 0 radical (unpaired) electrons. The van der Waals surface area contributed by atoms with Crippen LogP contribution in [0.2, 0.25) is 8.67 Å². The molecule has 0 amide bonds. The minimum atomic E-state index is -3.75. The van der Waals surface area contributed by atoms with Gasteiger partial charge in [-0.05, 0) is 6.07 Å². The Kier molecular flexibility index (Phi) is 3.95. The summed E-state index contributed by atoms with van der Waals surface area (Å²) in [6.45, 7) is 1.58. The van der Waals surface area contributed by atoms with E-state index >= 15 is 0 Å². The molecule has 1 aliphatic rings. The van der Waals surface area contributed by atoms with E-state index in [2.05, 4.69) is 15.0 Å². The number of hydrogen-bond donors (Lipinski definition) is 2. The summed E-state index contributed by atoms with van der Waals surface area (Å²) < 4.78 is 27.4. The summed E-state index contributed by atoms with van der Waals surface area (Å²) in [5, 5.41) is 3.58. The number of thiophene rings is 1. The average Bonchev–Trinajstić information content (AvgIpc) is 2.91. The van der Waals surface area contributed by atoms with Gasteiger partial charge in [-0.15, -0.1) is 11.3 Å². The third-order valence-corrected chi connectivity index (χ3v) is 6.97. The van der Waals surface area contributed by atoms with Crippen molar-refractivity contribution in [1.29, 1.82) is 0 Å². The highest BCUT2D eigenvalue weighted by molar-refractivity contribution is 7.93. The summed E-state index contributed by atoms with van der Waals surface area (Å²) in [6.07, 6.45) is 0.804. The first-order chi connectivity index (χ1) is 9.45. The van der Waals surface area contributed by atoms with E-state index < -0.39 is 10.0 Å². The molecule has 0 aliphatic carbocycles. The number of fused-ring (bicyclic) bond motifs is 1. The monoisotopic (exact) mass is 369 g/mol. The number of sulfonamides is 1. The van der Waals surface area contributed by atoms with E-state index in [4.69, 9.17) is 23.2 Å². The third-order valence-electron chi connectivity index (χ3n) is 2.74. The van der Waals surface area contributed by atoms with E-state index in [1.165, 1.54) is 17.4 Å². The Morgan fingerprint density at radius 1 is 1.35 bits per heavy atom. The molecule has 0 fully saturated rings. The van der Waals surface area contributed by atoms with Crippen LogP contribution >= 0.6 is 45.9 Å². The van der Waals surface area contributed by atoms with Gasteiger partial charge >= 0.3 is 0 Å². The number of aromatic nitrogens is 1. The predicted octanol–water partition coefficient (Wildman–Crippen LogP) is 2.96. The Morgan fingerprint density at radius 3 is 2.80 bits per heavy atom. The van der Waals surface area contributed by atoms with Gasteiger partial charge in [-0.2, -0.15) is 0 Å². The summed E-state index contributed by atoms with van der Waals surface area (Å²) in [5.74, 6) is 0. The van der Waals surface area contributed by atoms with Gasteiger partial charge in [0.1, 0.15) is 9.23 Å². The van der Waals surface area contributed by atoms with Crippen LogP contribution in [0.15, 0.2) is 11.0 Å². The Balaban J connectivity index is 1.90. The maximum absolute atomic E-state index is 12.3. The zero-order valence-corrected chi connectivity index (χ0v) is 13.9. The van der Waals surface area contributed by atoms with Gasteiger partial charge < -0.3 is 5.32 Å². The molecule has 0 atom stereocenters. The fourth-order valence-electron chi connectivity index (χ4n) is 1.85. The van der Waals surface area contributed by atoms with Crippen LogP contribution in [0.25, 0.3) is 0 Å². The Hall–Kier alpha value is -0.380. The van der Waals surface area contributed by atoms with Crippen molar-refractivity contribution in [2.24, 2.45) is 0 Å². The maximum Gasteiger partial charge on any atom is 0.266 e. The van der Waals surface area contributed by atoms with Crippen LogP contribution < -0.4 is 10.0 Å². The first kappa shape index (κ1) is 14.6. The van der Waals surface area contributed by atoms with Gasteiger partial charge in [0.05, 0.1) is 10.0 Å². The highest BCUT2D eigenvalue weighted by Crippen LogP contribution is 2.36. The summed E-state index contributed by atoms with van der Waals surface area (Å²) in [7, 11) is -3.75. The van der Waals surface area contributed by atoms with Gasteiger partial charge in [0, 0.05) is 24.4 Å². The summed E-state index contributed by atoms with van der Waals surface area (Å²) >= 11 is 14.0. The van der Waals surface area contributed by atoms with E-state index in [0.29, 0.717) is 9.47 Å². The summed E-state index contributed by atoms with van der Waals surface area (Å²) in [6, 6.07) is 1.34. The molecule has 0 spiro atoms. The van der Waals surface area contributed by atoms with Crippen LogP contribution in [-0.2, 0) is 23.0 Å². The molecule has 20 heavy (non-hydrogen) atoms. The van der Waals surface area contributed by atoms with Gasteiger partial charge in [-0.25, -0.2) is 13.4 Å². The standard InChI is InChI=1S/C10H9Cl2N3O2S3/c11-8-3-7(9(12)19-8)20(16,17)15-10-14-5-1-2-13-4-6(5)18-10/h3,13H,1-2,4H2,(H,14,15). The van der Waals surface area contributed by atoms with Gasteiger partial charge in [-0.3, -0.25) is 4.72 Å². The molecule has 2 aromatic heterocycles. The molecule has 2 aromatic rings. The topological polar surface area (TPSA) is 71.1 Å². The Bertz CT molecular complexity index is 730. The van der Waals surface area contributed by atoms with Crippen molar-refractivity contribution in [3.63, 3.8) is 0 Å². The number of hydrogen-bond acceptors (Lipinski definition) is 6. The van der Waals surface area contributed by atoms with Crippen molar-refractivity contribution >= 4 is 61.0 Å². The normalized spacial score (nSPS) is 15.1. The highest BCUT2D eigenvalue weighted by Gasteiger charge is 2.24. The number of anilines is 1. The van der Waals surface area contributed by atoms with Crippen LogP contribution in [0.1, 0.15) is 10.6 Å². The van der Waals surface area contributed by atoms with Gasteiger partial charge in [-0.1, -0.05) is 34.5 Å². The molecule has 10 heteroatoms. The second-order valence-electron chi connectivity index (χ2n) is 4.11. The van der Waals surface area contributed by atoms with Crippen LogP contribution in [0.5, 0.6) is 0 Å². The lowest BCUT2D eigenvalue weighted by Crippen LogP contribution is -2.22. The quantitative estimate of drug-likeness (QED) is 0.872. The number of thiazole rings is 1. The minimum Gasteiger partial charge on any atom is -0.311 e. The van der Waals surface area contributed by atoms with Crippen LogP contribution in [0.3, 0.4) is 0 Å². The van der Waals surface area contributed by atoms with Gasteiger partial charge in [0.25, 0.3) is 10.0 Å². The van der Waals surface area contributed by atoms with E-state index in [-0.39, 0.29) is 9.23 Å². The van der Waals surface area contributed by atoms with E-state index in [9.17, 15) is 8.42 Å². The average molecular weight is 370 g/mol. The summed E-state index contributed by atoms with van der Waals surface area (Å²) in [4.78, 5) is 5.36. The molecule has 2 N–H and O–H groups in total. The molecule has 0 bridgehead atoms. The lowest BCUT2D eigenvalue weighted by molar-refractivity contribution is 0.601. The van der Waals surface area contributed by atoms with Crippen molar-refractivity contribution in [2.45, 2.75) is 17.9 Å². The molecule has 3 heterocycles. The van der Waals surface area contributed by atoms with Gasteiger partial charge in [0.15, 0.2) is 5.13 Å². The SMILES string of the molecule is O=S(=O)(Nc1nc2c(s1)CNCC2)c1cc(Cl)sc1Cl. The Morgan fingerprint density at radius 2 is 2.15 bits per heavy atom. The summed E-state index contributed by atoms with van der Waals surface area (Å²) in [5.41, 5.74) is 0.945. The van der Waals surface area contributed by atoms with Gasteiger partial charge in [0.2, 0.25) is 0 Å². The van der Waals surface area contributed by atoms with Crippen molar-refractivity contribution < 1.29 is 8.42 Å². The molecule has 0 saturated heterocycles. The van der Waals surface area contributed by atoms with Crippen molar-refractivity contribution in [2.75, 3.05) is 11.3 Å². The zero-order chi connectivity index (χ0) is 14.3. The number of nitrogens with zero attached hydrogens (tertiary/aromatic N) is 1. The molecule has 0 aromatic carbocycles. The lowest BCUT2D eigenvalue weighted by Gasteiger charge is -2.09. The molecule has 108 valence electrons. The highest BCUT2D eigenvalue weighted by atomic mass is 35.5. The smallest absolute Gasteiger partial charge is 0.266 e. The number of nitrogens with one attached hydrogen (secondary N) is 2. The lowest BCUT2D eigenvalue weighted by atomic mass is 10.2. The van der Waals surface area contributed by atoms with Crippen molar-refractivity contribution in [3.8, 4) is 0 Å². The second kappa shape index (κ2) is 5.43. The first-order valence-electron chi connectivity index (χ1n) is 5.62. The molecular weight excluding hydrogens is 361 g/mol. The molecule has 0 unspecified atom stereocenters. The Labute approximate surface area is 134 Å². The molecule has 5 nitrogen and oxygen atoms in total. The minimum absolute atomic E-state index is 0.0135. The van der Waals surface area contributed by atoms with Crippen LogP contribution in [0, 0.1) is 0 Å². The third kappa shape index (κ3) is 2.81. The molecule has 3 rings (SSSR count). The predicted molar refractivity (Wildman–Crippen MR) is 82.7 cm³/mol. The van der Waals surface area contributed by atoms with E-state index in [1.54, 1.807) is 0 Å². The largest absolute Gasteiger partial charge is 0.311 e. The van der Waals surface area contributed by atoms with Crippen molar-refractivity contribution in [3.05, 3.63) is 25.3 Å². The first-order valence-corrected chi connectivity index (χ1v) is 9.50. The van der Waals surface area contributed by atoms with E-state index in [0.717, 1.165) is 41.4 Å². The van der Waals surface area contributed by atoms with Crippen LogP contribution in [-0.4, -0.2) is 19.9 Å². The number of halogens is 2. The fraction of sp³-hybridized carbons (Fsp3) is 0.300. The van der Waals surface area contributed by atoms with Crippen LogP contribution in [0.4, 0.5) is 5.13 Å². The van der Waals surface area contributed by atoms with Crippen molar-refractivity contribution in [1.82, 2.24) is 10.3 Å². The molecule has 1 aliphatic heterocycles. The van der Waals surface area contributed by atoms with E-state index in [1.807, 2.05) is 0 Å².